The number of carbonyl (C=O) groups is 1. The Morgan fingerprint density at radius 3 is 2.30 bits per heavy atom. The summed E-state index contributed by atoms with van der Waals surface area (Å²) in [6.45, 7) is 1.06. The first-order valence-corrected chi connectivity index (χ1v) is 9.85. The molecule has 2 aliphatic rings. The molecule has 0 radical (unpaired) electrons. The van der Waals surface area contributed by atoms with E-state index in [9.17, 15) is 4.79 Å². The van der Waals surface area contributed by atoms with Crippen LogP contribution in [0, 0.1) is 0 Å². The van der Waals surface area contributed by atoms with Crippen LogP contribution in [0.3, 0.4) is 0 Å². The first-order valence-electron chi connectivity index (χ1n) is 9.85. The van der Waals surface area contributed by atoms with Crippen molar-refractivity contribution < 1.29 is 4.79 Å². The second-order valence-electron chi connectivity index (χ2n) is 8.52. The SMILES string of the molecule is CN(C)CC1(c2ccc(C(=O)NC3Cc4ccccc4CC3N)cc2)CC1. The number of fused-ring (bicyclic) bond motifs is 1. The third kappa shape index (κ3) is 3.78. The lowest BCUT2D eigenvalue weighted by molar-refractivity contribution is 0.0929. The van der Waals surface area contributed by atoms with Crippen LogP contribution in [0.5, 0.6) is 0 Å². The molecule has 1 amide bonds. The van der Waals surface area contributed by atoms with Gasteiger partial charge in [-0.2, -0.15) is 0 Å². The summed E-state index contributed by atoms with van der Waals surface area (Å²) >= 11 is 0. The van der Waals surface area contributed by atoms with Crippen molar-refractivity contribution in [1.29, 1.82) is 0 Å². The van der Waals surface area contributed by atoms with Crippen molar-refractivity contribution in [2.24, 2.45) is 5.73 Å². The van der Waals surface area contributed by atoms with Crippen LogP contribution in [0.2, 0.25) is 0 Å². The molecule has 4 heteroatoms. The summed E-state index contributed by atoms with van der Waals surface area (Å²) in [5, 5.41) is 3.16. The summed E-state index contributed by atoms with van der Waals surface area (Å²) in [5.41, 5.74) is 11.3. The summed E-state index contributed by atoms with van der Waals surface area (Å²) in [4.78, 5) is 15.0. The maximum absolute atomic E-state index is 12.7. The van der Waals surface area contributed by atoms with E-state index in [-0.39, 0.29) is 23.4 Å². The third-order valence-corrected chi connectivity index (χ3v) is 6.08. The van der Waals surface area contributed by atoms with Gasteiger partial charge in [-0.05, 0) is 68.6 Å². The van der Waals surface area contributed by atoms with E-state index in [1.807, 2.05) is 12.1 Å². The second-order valence-corrected chi connectivity index (χ2v) is 8.52. The number of hydrogen-bond donors (Lipinski definition) is 2. The minimum absolute atomic E-state index is 0.0180. The number of hydrogen-bond acceptors (Lipinski definition) is 3. The van der Waals surface area contributed by atoms with Gasteiger partial charge in [0.15, 0.2) is 0 Å². The molecule has 2 aromatic rings. The highest BCUT2D eigenvalue weighted by atomic mass is 16.1. The number of nitrogens with zero attached hydrogens (tertiary/aromatic N) is 1. The van der Waals surface area contributed by atoms with E-state index in [4.69, 9.17) is 5.73 Å². The summed E-state index contributed by atoms with van der Waals surface area (Å²) < 4.78 is 0. The largest absolute Gasteiger partial charge is 0.347 e. The van der Waals surface area contributed by atoms with Crippen molar-refractivity contribution in [2.75, 3.05) is 20.6 Å². The third-order valence-electron chi connectivity index (χ3n) is 6.08. The average molecular weight is 364 g/mol. The molecule has 0 aromatic heterocycles. The van der Waals surface area contributed by atoms with Gasteiger partial charge in [0.1, 0.15) is 0 Å². The monoisotopic (exact) mass is 363 g/mol. The van der Waals surface area contributed by atoms with Crippen LogP contribution in [-0.4, -0.2) is 43.5 Å². The van der Waals surface area contributed by atoms with Crippen molar-refractivity contribution in [3.8, 4) is 0 Å². The number of nitrogens with two attached hydrogens (primary N) is 1. The molecular formula is C23H29N3O. The normalized spacial score (nSPS) is 23.0. The molecule has 0 saturated heterocycles. The van der Waals surface area contributed by atoms with Crippen LogP contribution in [0.4, 0.5) is 0 Å². The zero-order valence-electron chi connectivity index (χ0n) is 16.2. The molecule has 0 aliphatic heterocycles. The number of carbonyl (C=O) groups excluding carboxylic acids is 1. The molecule has 1 fully saturated rings. The van der Waals surface area contributed by atoms with Crippen molar-refractivity contribution in [3.05, 3.63) is 70.8 Å². The Hall–Kier alpha value is -2.17. The predicted octanol–water partition coefficient (Wildman–Crippen LogP) is 2.50. The lowest BCUT2D eigenvalue weighted by Crippen LogP contribution is -2.52. The van der Waals surface area contributed by atoms with Gasteiger partial charge < -0.3 is 16.0 Å². The molecule has 1 saturated carbocycles. The van der Waals surface area contributed by atoms with Crippen molar-refractivity contribution >= 4 is 5.91 Å². The fourth-order valence-electron chi connectivity index (χ4n) is 4.42. The van der Waals surface area contributed by atoms with E-state index in [0.29, 0.717) is 5.56 Å². The molecular weight excluding hydrogens is 334 g/mol. The fraction of sp³-hybridized carbons (Fsp3) is 0.435. The van der Waals surface area contributed by atoms with Crippen LogP contribution in [-0.2, 0) is 18.3 Å². The molecule has 2 aromatic carbocycles. The fourth-order valence-corrected chi connectivity index (χ4v) is 4.42. The van der Waals surface area contributed by atoms with Gasteiger partial charge in [-0.3, -0.25) is 4.79 Å². The molecule has 3 N–H and O–H groups in total. The molecule has 2 aliphatic carbocycles. The van der Waals surface area contributed by atoms with Crippen molar-refractivity contribution in [1.82, 2.24) is 10.2 Å². The van der Waals surface area contributed by atoms with E-state index in [1.165, 1.54) is 29.5 Å². The Balaban J connectivity index is 1.43. The molecule has 0 bridgehead atoms. The minimum atomic E-state index is -0.0436. The van der Waals surface area contributed by atoms with E-state index in [2.05, 4.69) is 60.7 Å². The molecule has 0 spiro atoms. The minimum Gasteiger partial charge on any atom is -0.347 e. The summed E-state index contributed by atoms with van der Waals surface area (Å²) in [7, 11) is 4.24. The standard InChI is InChI=1S/C23H29N3O/c1-26(2)15-23(11-12-23)19-9-7-16(8-10-19)22(27)25-21-14-18-6-4-3-5-17(18)13-20(21)24/h3-10,20-21H,11-15,24H2,1-2H3,(H,25,27). The molecule has 0 heterocycles. The Morgan fingerprint density at radius 1 is 1.07 bits per heavy atom. The first kappa shape index (κ1) is 18.2. The number of amides is 1. The van der Waals surface area contributed by atoms with E-state index in [0.717, 1.165) is 19.4 Å². The van der Waals surface area contributed by atoms with Gasteiger partial charge in [0.05, 0.1) is 0 Å². The zero-order chi connectivity index (χ0) is 19.0. The Kier molecular flexibility index (Phi) is 4.79. The number of benzene rings is 2. The van der Waals surface area contributed by atoms with Gasteiger partial charge in [-0.25, -0.2) is 0 Å². The molecule has 4 rings (SSSR count). The molecule has 2 atom stereocenters. The number of rotatable bonds is 5. The highest BCUT2D eigenvalue weighted by Crippen LogP contribution is 2.48. The van der Waals surface area contributed by atoms with E-state index >= 15 is 0 Å². The van der Waals surface area contributed by atoms with Gasteiger partial charge in [0, 0.05) is 29.6 Å². The lowest BCUT2D eigenvalue weighted by Gasteiger charge is -2.31. The van der Waals surface area contributed by atoms with Gasteiger partial charge in [-0.15, -0.1) is 0 Å². The first-order chi connectivity index (χ1) is 13.0. The van der Waals surface area contributed by atoms with Crippen LogP contribution in [0.15, 0.2) is 48.5 Å². The predicted molar refractivity (Wildman–Crippen MR) is 109 cm³/mol. The zero-order valence-corrected chi connectivity index (χ0v) is 16.2. The van der Waals surface area contributed by atoms with Gasteiger partial charge >= 0.3 is 0 Å². The molecule has 2 unspecified atom stereocenters. The Bertz CT molecular complexity index is 824. The molecule has 27 heavy (non-hydrogen) atoms. The van der Waals surface area contributed by atoms with Gasteiger partial charge in [0.25, 0.3) is 5.91 Å². The summed E-state index contributed by atoms with van der Waals surface area (Å²) in [6, 6.07) is 16.5. The quantitative estimate of drug-likeness (QED) is 0.858. The second kappa shape index (κ2) is 7.10. The topological polar surface area (TPSA) is 58.4 Å². The Morgan fingerprint density at radius 2 is 1.70 bits per heavy atom. The lowest BCUT2D eigenvalue weighted by atomic mass is 9.85. The van der Waals surface area contributed by atoms with Crippen LogP contribution < -0.4 is 11.1 Å². The highest BCUT2D eigenvalue weighted by Gasteiger charge is 2.44. The van der Waals surface area contributed by atoms with Crippen molar-refractivity contribution in [2.45, 2.75) is 43.2 Å². The van der Waals surface area contributed by atoms with Crippen LogP contribution in [0.1, 0.15) is 39.9 Å². The van der Waals surface area contributed by atoms with Crippen molar-refractivity contribution in [3.63, 3.8) is 0 Å². The summed E-state index contributed by atoms with van der Waals surface area (Å²) in [5.74, 6) is -0.0289. The number of nitrogens with one attached hydrogen (secondary N) is 1. The van der Waals surface area contributed by atoms with Gasteiger partial charge in [0.2, 0.25) is 0 Å². The smallest absolute Gasteiger partial charge is 0.251 e. The average Bonchev–Trinajstić information content (AvgIpc) is 3.42. The Labute approximate surface area is 161 Å². The molecule has 4 nitrogen and oxygen atoms in total. The maximum atomic E-state index is 12.7. The molecule has 142 valence electrons. The van der Waals surface area contributed by atoms with Crippen LogP contribution >= 0.6 is 0 Å². The highest BCUT2D eigenvalue weighted by molar-refractivity contribution is 5.94. The van der Waals surface area contributed by atoms with E-state index in [1.54, 1.807) is 0 Å². The van der Waals surface area contributed by atoms with E-state index < -0.39 is 0 Å². The van der Waals surface area contributed by atoms with Crippen LogP contribution in [0.25, 0.3) is 0 Å². The summed E-state index contributed by atoms with van der Waals surface area (Å²) in [6.07, 6.45) is 4.07. The maximum Gasteiger partial charge on any atom is 0.251 e. The number of likely N-dealkylation sites (N-methyl/N-ethyl adjacent to an activating group) is 1. The van der Waals surface area contributed by atoms with Gasteiger partial charge in [-0.1, -0.05) is 36.4 Å².